The lowest BCUT2D eigenvalue weighted by Crippen LogP contribution is -2.49. The minimum absolute atomic E-state index is 0.0944. The maximum atomic E-state index is 14.2. The van der Waals surface area contributed by atoms with Gasteiger partial charge in [0.25, 0.3) is 0 Å². The van der Waals surface area contributed by atoms with Crippen LogP contribution in [0.3, 0.4) is 0 Å². The van der Waals surface area contributed by atoms with Gasteiger partial charge in [0.05, 0.1) is 12.3 Å². The Morgan fingerprint density at radius 2 is 1.91 bits per heavy atom. The Kier molecular flexibility index (Phi) is 7.90. The highest BCUT2D eigenvalue weighted by atomic mass is 19.4. The van der Waals surface area contributed by atoms with Crippen LogP contribution in [-0.4, -0.2) is 28.5 Å². The molecule has 1 aromatic heterocycles. The summed E-state index contributed by atoms with van der Waals surface area (Å²) in [4.78, 5) is 4.25. The molecule has 0 saturated carbocycles. The number of hydrogen-bond acceptors (Lipinski definition) is 4. The standard InChI is InChI=1S/C26H35F3N2O2/c1-16(2)10-21(23-18(4)8-9-33-23)24(6,7)15-25(32,26(27,28)29)13-20(30)12-22-19(5)11-17(3)14-31-22/h10-12,14,32H,4,8-9,13,15,30H2,1-3,5-7H3/b20-12-,23-21-. The number of hydrogen-bond donors (Lipinski definition) is 2. The fourth-order valence-corrected chi connectivity index (χ4v) is 4.15. The van der Waals surface area contributed by atoms with Crippen LogP contribution in [0, 0.1) is 19.3 Å². The lowest BCUT2D eigenvalue weighted by Gasteiger charge is -2.39. The van der Waals surface area contributed by atoms with E-state index < -0.39 is 30.0 Å². The molecule has 1 aliphatic heterocycles. The number of aromatic nitrogens is 1. The maximum absolute atomic E-state index is 14.2. The Morgan fingerprint density at radius 3 is 2.39 bits per heavy atom. The van der Waals surface area contributed by atoms with E-state index in [-0.39, 0.29) is 5.70 Å². The first-order valence-corrected chi connectivity index (χ1v) is 10.9. The highest BCUT2D eigenvalue weighted by Gasteiger charge is 2.56. The van der Waals surface area contributed by atoms with Crippen molar-refractivity contribution in [1.29, 1.82) is 0 Å². The number of nitrogens with zero attached hydrogens (tertiary/aromatic N) is 1. The van der Waals surface area contributed by atoms with E-state index in [1.54, 1.807) is 26.1 Å². The molecule has 1 fully saturated rings. The van der Waals surface area contributed by atoms with Crippen molar-refractivity contribution < 1.29 is 23.0 Å². The van der Waals surface area contributed by atoms with Gasteiger partial charge in [-0.05, 0) is 62.3 Å². The van der Waals surface area contributed by atoms with E-state index in [1.807, 2.05) is 33.8 Å². The molecular weight excluding hydrogens is 429 g/mol. The van der Waals surface area contributed by atoms with Gasteiger partial charge in [0, 0.05) is 30.3 Å². The molecule has 0 spiro atoms. The molecule has 1 unspecified atom stereocenters. The Labute approximate surface area is 194 Å². The van der Waals surface area contributed by atoms with Crippen molar-refractivity contribution in [3.05, 3.63) is 69.9 Å². The van der Waals surface area contributed by atoms with Gasteiger partial charge >= 0.3 is 6.18 Å². The second-order valence-electron chi connectivity index (χ2n) is 9.87. The number of halogens is 3. The molecule has 182 valence electrons. The van der Waals surface area contributed by atoms with Gasteiger partial charge in [0.15, 0.2) is 5.60 Å². The summed E-state index contributed by atoms with van der Waals surface area (Å²) in [6.07, 6.45) is -0.818. The Bertz CT molecular complexity index is 999. The number of nitrogens with two attached hydrogens (primary N) is 1. The quantitative estimate of drug-likeness (QED) is 0.497. The summed E-state index contributed by atoms with van der Waals surface area (Å²) in [7, 11) is 0. The van der Waals surface area contributed by atoms with Crippen molar-refractivity contribution in [2.75, 3.05) is 6.61 Å². The monoisotopic (exact) mass is 464 g/mol. The minimum atomic E-state index is -4.90. The second-order valence-corrected chi connectivity index (χ2v) is 9.87. The van der Waals surface area contributed by atoms with Gasteiger partial charge in [-0.25, -0.2) is 0 Å². The lowest BCUT2D eigenvalue weighted by molar-refractivity contribution is -0.267. The summed E-state index contributed by atoms with van der Waals surface area (Å²) in [5, 5.41) is 11.0. The first-order chi connectivity index (χ1) is 15.1. The summed E-state index contributed by atoms with van der Waals surface area (Å²) in [6, 6.07) is 1.87. The fourth-order valence-electron chi connectivity index (χ4n) is 4.15. The van der Waals surface area contributed by atoms with Crippen LogP contribution < -0.4 is 5.73 Å². The first-order valence-electron chi connectivity index (χ1n) is 10.9. The van der Waals surface area contributed by atoms with E-state index in [0.717, 1.165) is 22.3 Å². The molecule has 0 radical (unpaired) electrons. The van der Waals surface area contributed by atoms with Crippen LogP contribution in [0.15, 0.2) is 53.1 Å². The zero-order valence-corrected chi connectivity index (χ0v) is 20.4. The van der Waals surface area contributed by atoms with E-state index >= 15 is 0 Å². The fraction of sp³-hybridized carbons (Fsp3) is 0.500. The van der Waals surface area contributed by atoms with Gasteiger partial charge in [0.1, 0.15) is 5.76 Å². The third-order valence-electron chi connectivity index (χ3n) is 5.71. The van der Waals surface area contributed by atoms with Crippen LogP contribution in [0.1, 0.15) is 63.8 Å². The molecule has 2 heterocycles. The number of rotatable bonds is 7. The summed E-state index contributed by atoms with van der Waals surface area (Å²) < 4.78 is 48.4. The van der Waals surface area contributed by atoms with Crippen molar-refractivity contribution >= 4 is 6.08 Å². The molecule has 1 aromatic rings. The van der Waals surface area contributed by atoms with E-state index in [9.17, 15) is 18.3 Å². The summed E-state index contributed by atoms with van der Waals surface area (Å²) >= 11 is 0. The molecule has 7 heteroatoms. The highest BCUT2D eigenvalue weighted by Crippen LogP contribution is 2.48. The topological polar surface area (TPSA) is 68.4 Å². The first kappa shape index (κ1) is 26.7. The van der Waals surface area contributed by atoms with Crippen molar-refractivity contribution in [3.8, 4) is 0 Å². The van der Waals surface area contributed by atoms with Crippen molar-refractivity contribution in [1.82, 2.24) is 4.98 Å². The van der Waals surface area contributed by atoms with Crippen LogP contribution in [0.4, 0.5) is 13.2 Å². The van der Waals surface area contributed by atoms with Crippen molar-refractivity contribution in [3.63, 3.8) is 0 Å². The molecular formula is C26H35F3N2O2. The molecule has 3 N–H and O–H groups in total. The summed E-state index contributed by atoms with van der Waals surface area (Å²) in [6.45, 7) is 15.2. The van der Waals surface area contributed by atoms with Gasteiger partial charge in [-0.3, -0.25) is 4.98 Å². The number of pyridine rings is 1. The van der Waals surface area contributed by atoms with E-state index in [2.05, 4.69) is 11.6 Å². The third-order valence-corrected chi connectivity index (χ3v) is 5.71. The van der Waals surface area contributed by atoms with Gasteiger partial charge in [-0.1, -0.05) is 38.1 Å². The SMILES string of the molecule is C=C1CCO/C1=C(/C=C(C)C)C(C)(C)CC(O)(C/C(N)=C/c1ncc(C)cc1C)C(F)(F)F. The summed E-state index contributed by atoms with van der Waals surface area (Å²) in [5.74, 6) is 0.508. The highest BCUT2D eigenvalue weighted by molar-refractivity contribution is 5.52. The molecule has 0 bridgehead atoms. The number of ether oxygens (including phenoxy) is 1. The molecule has 4 nitrogen and oxygen atoms in total. The number of alkyl halides is 3. The molecule has 0 amide bonds. The molecule has 1 aliphatic rings. The second kappa shape index (κ2) is 9.75. The van der Waals surface area contributed by atoms with E-state index in [4.69, 9.17) is 10.5 Å². The van der Waals surface area contributed by atoms with E-state index in [0.29, 0.717) is 30.1 Å². The minimum Gasteiger partial charge on any atom is -0.493 e. The smallest absolute Gasteiger partial charge is 0.417 e. The van der Waals surface area contributed by atoms with Crippen LogP contribution in [0.5, 0.6) is 0 Å². The predicted molar refractivity (Wildman–Crippen MR) is 126 cm³/mol. The van der Waals surface area contributed by atoms with Gasteiger partial charge in [-0.2, -0.15) is 13.2 Å². The molecule has 1 saturated heterocycles. The number of allylic oxidation sites excluding steroid dienone is 4. The van der Waals surface area contributed by atoms with Gasteiger partial charge < -0.3 is 15.6 Å². The Morgan fingerprint density at radius 1 is 1.27 bits per heavy atom. The average molecular weight is 465 g/mol. The molecule has 33 heavy (non-hydrogen) atoms. The Balaban J connectivity index is 2.47. The van der Waals surface area contributed by atoms with Gasteiger partial charge in [0.2, 0.25) is 0 Å². The van der Waals surface area contributed by atoms with Crippen LogP contribution >= 0.6 is 0 Å². The van der Waals surface area contributed by atoms with E-state index in [1.165, 1.54) is 6.08 Å². The van der Waals surface area contributed by atoms with Crippen molar-refractivity contribution in [2.45, 2.75) is 72.6 Å². The summed E-state index contributed by atoms with van der Waals surface area (Å²) in [5.41, 5.74) is 6.24. The van der Waals surface area contributed by atoms with Gasteiger partial charge in [-0.15, -0.1) is 0 Å². The maximum Gasteiger partial charge on any atom is 0.417 e. The molecule has 2 rings (SSSR count). The lowest BCUT2D eigenvalue weighted by atomic mass is 9.71. The molecule has 1 atom stereocenters. The zero-order chi connectivity index (χ0) is 25.2. The largest absolute Gasteiger partial charge is 0.493 e. The normalized spacial score (nSPS) is 18.6. The third kappa shape index (κ3) is 6.50. The zero-order valence-electron chi connectivity index (χ0n) is 20.4. The van der Waals surface area contributed by atoms with Crippen LogP contribution in [0.2, 0.25) is 0 Å². The van der Waals surface area contributed by atoms with Crippen molar-refractivity contribution in [2.24, 2.45) is 11.1 Å². The molecule has 0 aromatic carbocycles. The van der Waals surface area contributed by atoms with Crippen LogP contribution in [0.25, 0.3) is 6.08 Å². The number of aryl methyl sites for hydroxylation is 2. The molecule has 0 aliphatic carbocycles. The Hall–Kier alpha value is -2.54. The van der Waals surface area contributed by atoms with Crippen LogP contribution in [-0.2, 0) is 4.74 Å². The predicted octanol–water partition coefficient (Wildman–Crippen LogP) is 6.29. The number of aliphatic hydroxyl groups is 1. The average Bonchev–Trinajstić information content (AvgIpc) is 3.05.